The molecule has 1 atom stereocenters. The molecule has 0 aromatic heterocycles. The van der Waals surface area contributed by atoms with E-state index in [-0.39, 0.29) is 5.84 Å². The van der Waals surface area contributed by atoms with Gasteiger partial charge >= 0.3 is 0 Å². The summed E-state index contributed by atoms with van der Waals surface area (Å²) in [5, 5.41) is 7.80. The maximum Gasteiger partial charge on any atom is 0.124 e. The lowest BCUT2D eigenvalue weighted by atomic mass is 9.99. The van der Waals surface area contributed by atoms with Crippen LogP contribution in [0.3, 0.4) is 0 Å². The Bertz CT molecular complexity index is 649. The van der Waals surface area contributed by atoms with Gasteiger partial charge in [-0.3, -0.25) is 5.41 Å². The van der Waals surface area contributed by atoms with Gasteiger partial charge in [0.2, 0.25) is 0 Å². The molecule has 108 valence electrons. The maximum absolute atomic E-state index is 7.80. The number of nitrogen functional groups attached to an aromatic ring is 1. The van der Waals surface area contributed by atoms with Crippen LogP contribution in [0.2, 0.25) is 0 Å². The molecule has 3 heteroatoms. The van der Waals surface area contributed by atoms with Crippen molar-refractivity contribution in [3.05, 3.63) is 65.2 Å². The Labute approximate surface area is 125 Å². The molecule has 0 aliphatic carbocycles. The zero-order chi connectivity index (χ0) is 14.8. The predicted molar refractivity (Wildman–Crippen MR) is 88.2 cm³/mol. The van der Waals surface area contributed by atoms with E-state index in [0.717, 1.165) is 36.3 Å². The quantitative estimate of drug-likeness (QED) is 0.669. The van der Waals surface area contributed by atoms with E-state index in [1.54, 1.807) is 0 Å². The molecule has 3 rings (SSSR count). The minimum atomic E-state index is 0.150. The van der Waals surface area contributed by atoms with Crippen LogP contribution in [-0.2, 0) is 0 Å². The van der Waals surface area contributed by atoms with E-state index in [2.05, 4.69) is 47.4 Å². The highest BCUT2D eigenvalue weighted by atomic mass is 15.2. The fourth-order valence-electron chi connectivity index (χ4n) is 3.12. The lowest BCUT2D eigenvalue weighted by Gasteiger charge is -2.22. The van der Waals surface area contributed by atoms with E-state index >= 15 is 0 Å². The molecule has 0 bridgehead atoms. The molecule has 0 spiro atoms. The van der Waals surface area contributed by atoms with Crippen molar-refractivity contribution in [1.82, 2.24) is 0 Å². The van der Waals surface area contributed by atoms with Crippen molar-refractivity contribution in [2.24, 2.45) is 5.73 Å². The molecule has 2 aromatic carbocycles. The molecule has 0 amide bonds. The summed E-state index contributed by atoms with van der Waals surface area (Å²) in [6, 6.07) is 16.9. The largest absolute Gasteiger partial charge is 0.384 e. The Morgan fingerprint density at radius 2 is 1.95 bits per heavy atom. The lowest BCUT2D eigenvalue weighted by Crippen LogP contribution is -2.24. The number of nitrogens with two attached hydrogens (primary N) is 1. The highest BCUT2D eigenvalue weighted by Crippen LogP contribution is 2.32. The molecule has 0 radical (unpaired) electrons. The number of amidine groups is 1. The second-order valence-corrected chi connectivity index (χ2v) is 5.78. The molecule has 21 heavy (non-hydrogen) atoms. The number of aryl methyl sites for hydroxylation is 1. The SMILES string of the molecule is Cc1ccc(N2CCC(c3ccccc3)C2)c(C(=N)N)c1. The lowest BCUT2D eigenvalue weighted by molar-refractivity contribution is 0.775. The maximum atomic E-state index is 7.80. The van der Waals surface area contributed by atoms with Gasteiger partial charge in [-0.2, -0.15) is 0 Å². The standard InChI is InChI=1S/C18H21N3/c1-13-7-8-17(16(11-13)18(19)20)21-10-9-15(12-21)14-5-3-2-4-6-14/h2-8,11,15H,9-10,12H2,1H3,(H3,19,20). The van der Waals surface area contributed by atoms with Crippen LogP contribution in [0.25, 0.3) is 0 Å². The van der Waals surface area contributed by atoms with Gasteiger partial charge in [0.1, 0.15) is 5.84 Å². The van der Waals surface area contributed by atoms with Gasteiger partial charge in [-0.25, -0.2) is 0 Å². The average Bonchev–Trinajstić information content (AvgIpc) is 2.97. The summed E-state index contributed by atoms with van der Waals surface area (Å²) in [7, 11) is 0. The van der Waals surface area contributed by atoms with Crippen LogP contribution < -0.4 is 10.6 Å². The summed E-state index contributed by atoms with van der Waals surface area (Å²) in [6.45, 7) is 4.04. The first-order valence-corrected chi connectivity index (χ1v) is 7.40. The minimum absolute atomic E-state index is 0.150. The van der Waals surface area contributed by atoms with Crippen molar-refractivity contribution < 1.29 is 0 Å². The first-order valence-electron chi connectivity index (χ1n) is 7.40. The van der Waals surface area contributed by atoms with E-state index in [1.165, 1.54) is 5.56 Å². The summed E-state index contributed by atoms with van der Waals surface area (Å²) < 4.78 is 0. The second kappa shape index (κ2) is 5.60. The van der Waals surface area contributed by atoms with E-state index in [4.69, 9.17) is 11.1 Å². The summed E-state index contributed by atoms with van der Waals surface area (Å²) in [4.78, 5) is 2.36. The second-order valence-electron chi connectivity index (χ2n) is 5.78. The summed E-state index contributed by atoms with van der Waals surface area (Å²) in [5.74, 6) is 0.712. The third kappa shape index (κ3) is 2.77. The van der Waals surface area contributed by atoms with Gasteiger partial charge in [0.15, 0.2) is 0 Å². The van der Waals surface area contributed by atoms with E-state index in [0.29, 0.717) is 5.92 Å². The van der Waals surface area contributed by atoms with Crippen molar-refractivity contribution in [2.45, 2.75) is 19.3 Å². The zero-order valence-corrected chi connectivity index (χ0v) is 12.3. The van der Waals surface area contributed by atoms with Crippen LogP contribution in [0.5, 0.6) is 0 Å². The normalized spacial score (nSPS) is 18.0. The minimum Gasteiger partial charge on any atom is -0.384 e. The van der Waals surface area contributed by atoms with Crippen LogP contribution >= 0.6 is 0 Å². The van der Waals surface area contributed by atoms with Crippen molar-refractivity contribution in [3.8, 4) is 0 Å². The summed E-state index contributed by atoms with van der Waals surface area (Å²) in [6.07, 6.45) is 1.15. The highest BCUT2D eigenvalue weighted by molar-refractivity contribution is 6.00. The van der Waals surface area contributed by atoms with Crippen LogP contribution in [-0.4, -0.2) is 18.9 Å². The molecule has 3 nitrogen and oxygen atoms in total. The van der Waals surface area contributed by atoms with E-state index in [1.807, 2.05) is 13.0 Å². The van der Waals surface area contributed by atoms with Gasteiger partial charge in [0.25, 0.3) is 0 Å². The molecule has 1 heterocycles. The monoisotopic (exact) mass is 279 g/mol. The number of hydrogen-bond acceptors (Lipinski definition) is 2. The van der Waals surface area contributed by atoms with Gasteiger partial charge in [-0.05, 0) is 31.0 Å². The van der Waals surface area contributed by atoms with Crippen LogP contribution in [0.15, 0.2) is 48.5 Å². The number of benzene rings is 2. The van der Waals surface area contributed by atoms with E-state index < -0.39 is 0 Å². The highest BCUT2D eigenvalue weighted by Gasteiger charge is 2.25. The van der Waals surface area contributed by atoms with Gasteiger partial charge in [-0.15, -0.1) is 0 Å². The van der Waals surface area contributed by atoms with Gasteiger partial charge in [0.05, 0.1) is 0 Å². The number of anilines is 1. The molecular formula is C18H21N3. The third-order valence-electron chi connectivity index (χ3n) is 4.24. The molecule has 1 aliphatic rings. The van der Waals surface area contributed by atoms with Gasteiger partial charge in [0, 0.05) is 30.3 Å². The average molecular weight is 279 g/mol. The fraction of sp³-hybridized carbons (Fsp3) is 0.278. The first kappa shape index (κ1) is 13.7. The zero-order valence-electron chi connectivity index (χ0n) is 12.3. The smallest absolute Gasteiger partial charge is 0.124 e. The van der Waals surface area contributed by atoms with Gasteiger partial charge < -0.3 is 10.6 Å². The molecule has 0 saturated carbocycles. The molecule has 1 fully saturated rings. The molecule has 1 saturated heterocycles. The van der Waals surface area contributed by atoms with E-state index in [9.17, 15) is 0 Å². The molecule has 1 unspecified atom stereocenters. The van der Waals surface area contributed by atoms with Crippen molar-refractivity contribution in [1.29, 1.82) is 5.41 Å². The third-order valence-corrected chi connectivity index (χ3v) is 4.24. The summed E-state index contributed by atoms with van der Waals surface area (Å²) in [5.41, 5.74) is 10.2. The predicted octanol–water partition coefficient (Wildman–Crippen LogP) is 3.27. The van der Waals surface area contributed by atoms with Crippen molar-refractivity contribution >= 4 is 11.5 Å². The Balaban J connectivity index is 1.85. The van der Waals surface area contributed by atoms with Crippen molar-refractivity contribution in [3.63, 3.8) is 0 Å². The van der Waals surface area contributed by atoms with Crippen LogP contribution in [0.1, 0.15) is 29.0 Å². The molecule has 1 aliphatic heterocycles. The van der Waals surface area contributed by atoms with Gasteiger partial charge in [-0.1, -0.05) is 42.0 Å². The van der Waals surface area contributed by atoms with Crippen molar-refractivity contribution in [2.75, 3.05) is 18.0 Å². The Hall–Kier alpha value is -2.29. The molecule has 2 aromatic rings. The van der Waals surface area contributed by atoms with Crippen LogP contribution in [0, 0.1) is 12.3 Å². The Morgan fingerprint density at radius 1 is 1.19 bits per heavy atom. The summed E-state index contributed by atoms with van der Waals surface area (Å²) >= 11 is 0. The molecular weight excluding hydrogens is 258 g/mol. The number of nitrogens with zero attached hydrogens (tertiary/aromatic N) is 1. The fourth-order valence-corrected chi connectivity index (χ4v) is 3.12. The molecule has 3 N–H and O–H groups in total. The topological polar surface area (TPSA) is 53.1 Å². The number of hydrogen-bond donors (Lipinski definition) is 2. The van der Waals surface area contributed by atoms with Crippen LogP contribution in [0.4, 0.5) is 5.69 Å². The Kier molecular flexibility index (Phi) is 3.65. The Morgan fingerprint density at radius 3 is 2.67 bits per heavy atom. The number of nitrogens with one attached hydrogen (secondary N) is 1. The number of rotatable bonds is 3. The first-order chi connectivity index (χ1) is 10.1.